The Kier molecular flexibility index (Phi) is 6.50. The third-order valence-electron chi connectivity index (χ3n) is 8.53. The van der Waals surface area contributed by atoms with Gasteiger partial charge < -0.3 is 4.90 Å². The van der Waals surface area contributed by atoms with E-state index in [1.165, 1.54) is 0 Å². The minimum absolute atomic E-state index is 0.0306. The number of nitrogens with zero attached hydrogens (tertiary/aromatic N) is 1. The second kappa shape index (κ2) is 12.7. The highest BCUT2D eigenvalue weighted by Gasteiger charge is 2.15. The normalized spacial score (nSPS) is 12.2. The molecule has 1 heteroatoms. The molecule has 0 radical (unpaired) electrons. The Morgan fingerprint density at radius 1 is 0.319 bits per heavy atom. The van der Waals surface area contributed by atoms with Gasteiger partial charge in [0.15, 0.2) is 0 Å². The molecular formula is C46H33N. The topological polar surface area (TPSA) is 3.24 Å². The maximum atomic E-state index is 9.59. The summed E-state index contributed by atoms with van der Waals surface area (Å²) in [5.41, 5.74) is 9.28. The lowest BCUT2D eigenvalue weighted by Crippen LogP contribution is -2.10. The van der Waals surface area contributed by atoms with Crippen LogP contribution in [0.4, 0.5) is 17.1 Å². The average Bonchev–Trinajstić information content (AvgIpc) is 3.20. The lowest BCUT2D eigenvalue weighted by atomic mass is 9.98. The van der Waals surface area contributed by atoms with Crippen LogP contribution in [0.1, 0.15) is 5.48 Å². The standard InChI is InChI=1S/C46H33N/c1-3-11-34(12-4-1)37-23-27-44(28-24-37)47(46-20-10-19-42(33-46)43-22-21-36-15-7-8-16-39(36)32-43)45-29-25-38(26-30-45)41-18-9-17-40(31-41)35-13-5-2-6-14-35/h1-33H/i10D,19D,20D,33D. The molecule has 8 aromatic rings. The molecule has 0 N–H and O–H groups in total. The predicted molar refractivity (Wildman–Crippen MR) is 200 cm³/mol. The minimum atomic E-state index is -0.218. The highest BCUT2D eigenvalue weighted by Crippen LogP contribution is 2.39. The highest BCUT2D eigenvalue weighted by molar-refractivity contribution is 5.89. The van der Waals surface area contributed by atoms with Crippen LogP contribution in [0.3, 0.4) is 0 Å². The van der Waals surface area contributed by atoms with Crippen LogP contribution < -0.4 is 4.90 Å². The summed E-state index contributed by atoms with van der Waals surface area (Å²) in [4.78, 5) is 1.88. The van der Waals surface area contributed by atoms with Crippen molar-refractivity contribution in [3.8, 4) is 44.5 Å². The number of fused-ring (bicyclic) bond motifs is 1. The second-order valence-corrected chi connectivity index (χ2v) is 11.5. The predicted octanol–water partition coefficient (Wildman–Crippen LogP) is 13.0. The molecule has 0 aliphatic carbocycles. The van der Waals surface area contributed by atoms with Gasteiger partial charge in [0.25, 0.3) is 0 Å². The van der Waals surface area contributed by atoms with Gasteiger partial charge in [-0.05, 0) is 104 Å². The van der Waals surface area contributed by atoms with Gasteiger partial charge in [0.05, 0.1) is 5.48 Å². The summed E-state index contributed by atoms with van der Waals surface area (Å²) in [5.74, 6) is 0. The van der Waals surface area contributed by atoms with E-state index in [0.29, 0.717) is 11.1 Å². The summed E-state index contributed by atoms with van der Waals surface area (Å²) >= 11 is 0. The van der Waals surface area contributed by atoms with Crippen LogP contribution in [0.15, 0.2) is 200 Å². The number of anilines is 3. The summed E-state index contributed by atoms with van der Waals surface area (Å²) in [5, 5.41) is 2.04. The van der Waals surface area contributed by atoms with Crippen molar-refractivity contribution in [2.24, 2.45) is 0 Å². The molecule has 0 amide bonds. The second-order valence-electron chi connectivity index (χ2n) is 11.5. The molecule has 8 rings (SSSR count). The van der Waals surface area contributed by atoms with Crippen LogP contribution >= 0.6 is 0 Å². The van der Waals surface area contributed by atoms with Crippen molar-refractivity contribution in [3.63, 3.8) is 0 Å². The minimum Gasteiger partial charge on any atom is -0.310 e. The molecule has 0 saturated heterocycles. The third-order valence-corrected chi connectivity index (χ3v) is 8.53. The molecule has 222 valence electrons. The zero-order valence-corrected chi connectivity index (χ0v) is 25.7. The van der Waals surface area contributed by atoms with E-state index in [4.69, 9.17) is 2.74 Å². The summed E-state index contributed by atoms with van der Waals surface area (Å²) in [6, 6.07) is 58.5. The molecule has 0 aliphatic rings. The number of hydrogen-bond acceptors (Lipinski definition) is 1. The van der Waals surface area contributed by atoms with E-state index >= 15 is 0 Å². The Bertz CT molecular complexity index is 2490. The Hall–Kier alpha value is -6.18. The zero-order chi connectivity index (χ0) is 34.9. The first-order valence-corrected chi connectivity index (χ1v) is 15.8. The lowest BCUT2D eigenvalue weighted by molar-refractivity contribution is 1.28. The number of benzene rings is 8. The van der Waals surface area contributed by atoms with E-state index < -0.39 is 0 Å². The van der Waals surface area contributed by atoms with Gasteiger partial charge in [0.1, 0.15) is 0 Å². The van der Waals surface area contributed by atoms with Crippen molar-refractivity contribution in [2.75, 3.05) is 4.90 Å². The summed E-state index contributed by atoms with van der Waals surface area (Å²) < 4.78 is 36.7. The van der Waals surface area contributed by atoms with E-state index in [1.807, 2.05) is 120 Å². The van der Waals surface area contributed by atoms with Crippen LogP contribution in [0.2, 0.25) is 0 Å². The van der Waals surface area contributed by atoms with Crippen LogP contribution in [0, 0.1) is 0 Å². The van der Waals surface area contributed by atoms with Gasteiger partial charge in [-0.1, -0.05) is 152 Å². The molecule has 0 saturated carbocycles. The molecule has 0 aliphatic heterocycles. The first-order chi connectivity index (χ1) is 25.0. The molecule has 1 nitrogen and oxygen atoms in total. The van der Waals surface area contributed by atoms with Crippen LogP contribution in [-0.4, -0.2) is 0 Å². The molecule has 8 aromatic carbocycles. The fraction of sp³-hybridized carbons (Fsp3) is 0. The molecule has 47 heavy (non-hydrogen) atoms. The molecule has 0 fully saturated rings. The summed E-state index contributed by atoms with van der Waals surface area (Å²) in [7, 11) is 0. The summed E-state index contributed by atoms with van der Waals surface area (Å²) in [6.07, 6.45) is 0. The smallest absolute Gasteiger partial charge is 0.0651 e. The molecule has 0 unspecified atom stereocenters. The van der Waals surface area contributed by atoms with Gasteiger partial charge in [-0.15, -0.1) is 0 Å². The van der Waals surface area contributed by atoms with Crippen molar-refractivity contribution in [2.45, 2.75) is 0 Å². The van der Waals surface area contributed by atoms with Crippen LogP contribution in [-0.2, 0) is 0 Å². The highest BCUT2D eigenvalue weighted by atomic mass is 15.1. The molecule has 0 aromatic heterocycles. The van der Waals surface area contributed by atoms with Gasteiger partial charge in [-0.25, -0.2) is 0 Å². The molecular weight excluding hydrogens is 567 g/mol. The summed E-state index contributed by atoms with van der Waals surface area (Å²) in [6.45, 7) is 0. The Labute approximate surface area is 282 Å². The van der Waals surface area contributed by atoms with Crippen molar-refractivity contribution in [1.29, 1.82) is 0 Å². The van der Waals surface area contributed by atoms with Gasteiger partial charge in [-0.3, -0.25) is 0 Å². The van der Waals surface area contributed by atoms with Crippen molar-refractivity contribution < 1.29 is 5.48 Å². The maximum Gasteiger partial charge on any atom is 0.0651 e. The Balaban J connectivity index is 1.27. The van der Waals surface area contributed by atoms with Gasteiger partial charge in [-0.2, -0.15) is 0 Å². The first-order valence-electron chi connectivity index (χ1n) is 17.8. The molecule has 0 atom stereocenters. The van der Waals surface area contributed by atoms with E-state index in [2.05, 4.69) is 60.7 Å². The van der Waals surface area contributed by atoms with Crippen molar-refractivity contribution in [3.05, 3.63) is 200 Å². The zero-order valence-electron chi connectivity index (χ0n) is 29.7. The number of rotatable bonds is 7. The number of hydrogen-bond donors (Lipinski definition) is 0. The fourth-order valence-electron chi connectivity index (χ4n) is 6.09. The van der Waals surface area contributed by atoms with Crippen LogP contribution in [0.25, 0.3) is 55.3 Å². The molecule has 0 heterocycles. The monoisotopic (exact) mass is 603 g/mol. The Morgan fingerprint density at radius 2 is 0.787 bits per heavy atom. The third kappa shape index (κ3) is 5.95. The quantitative estimate of drug-likeness (QED) is 0.175. The van der Waals surface area contributed by atoms with Crippen molar-refractivity contribution >= 4 is 27.8 Å². The molecule has 0 spiro atoms. The first kappa shape index (κ1) is 24.1. The Morgan fingerprint density at radius 3 is 1.43 bits per heavy atom. The largest absolute Gasteiger partial charge is 0.310 e. The SMILES string of the molecule is [2H]c1c([2H])c(-c2ccc3ccccc3c2)c([2H])c(N(c2ccc(-c3ccccc3)cc2)c2ccc(-c3cccc(-c4ccccc4)c3)cc2)c1[2H]. The average molecular weight is 604 g/mol. The van der Waals surface area contributed by atoms with E-state index in [1.54, 1.807) is 0 Å². The van der Waals surface area contributed by atoms with E-state index in [-0.39, 0.29) is 29.9 Å². The van der Waals surface area contributed by atoms with Gasteiger partial charge >= 0.3 is 0 Å². The van der Waals surface area contributed by atoms with Gasteiger partial charge in [0, 0.05) is 17.1 Å². The molecule has 0 bridgehead atoms. The van der Waals surface area contributed by atoms with Crippen LogP contribution in [0.5, 0.6) is 0 Å². The van der Waals surface area contributed by atoms with E-state index in [9.17, 15) is 2.74 Å². The van der Waals surface area contributed by atoms with Gasteiger partial charge in [0.2, 0.25) is 0 Å². The van der Waals surface area contributed by atoms with E-state index in [0.717, 1.165) is 55.5 Å². The lowest BCUT2D eigenvalue weighted by Gasteiger charge is -2.26. The van der Waals surface area contributed by atoms with Crippen molar-refractivity contribution in [1.82, 2.24) is 0 Å². The maximum absolute atomic E-state index is 9.59. The fourth-order valence-corrected chi connectivity index (χ4v) is 6.09.